The van der Waals surface area contributed by atoms with Crippen molar-refractivity contribution >= 4 is 10.2 Å². The quantitative estimate of drug-likeness (QED) is 0.647. The van der Waals surface area contributed by atoms with Gasteiger partial charge in [-0.1, -0.05) is 20.8 Å². The Labute approximate surface area is 113 Å². The van der Waals surface area contributed by atoms with E-state index < -0.39 is 10.2 Å². The molecule has 18 heavy (non-hydrogen) atoms. The maximum absolute atomic E-state index is 12.3. The van der Waals surface area contributed by atoms with Crippen LogP contribution in [0, 0.1) is 0 Å². The number of hydrogen-bond donors (Lipinski definition) is 1. The third kappa shape index (κ3) is 5.65. The maximum atomic E-state index is 12.3. The fourth-order valence-electron chi connectivity index (χ4n) is 1.78. The molecule has 0 amide bonds. The summed E-state index contributed by atoms with van der Waals surface area (Å²) in [6.07, 6.45) is 0.823. The van der Waals surface area contributed by atoms with Crippen LogP contribution >= 0.6 is 0 Å². The molecule has 5 nitrogen and oxygen atoms in total. The van der Waals surface area contributed by atoms with E-state index in [-0.39, 0.29) is 6.04 Å². The lowest BCUT2D eigenvalue weighted by Gasteiger charge is -2.29. The SMILES string of the molecule is CCN(C(C)C)S(=O)(=O)N(C)CCCNC(C)C. The smallest absolute Gasteiger partial charge is 0.281 e. The fraction of sp³-hybridized carbons (Fsp3) is 1.00. The van der Waals surface area contributed by atoms with Crippen molar-refractivity contribution in [1.82, 2.24) is 13.9 Å². The molecule has 0 fully saturated rings. The van der Waals surface area contributed by atoms with Crippen molar-refractivity contribution in [2.75, 3.05) is 26.7 Å². The highest BCUT2D eigenvalue weighted by atomic mass is 32.2. The zero-order chi connectivity index (χ0) is 14.3. The number of hydrogen-bond acceptors (Lipinski definition) is 3. The standard InChI is InChI=1S/C12H29N3O2S/c1-7-15(12(4)5)18(16,17)14(6)10-8-9-13-11(2)3/h11-13H,7-10H2,1-6H3. The first kappa shape index (κ1) is 17.8. The van der Waals surface area contributed by atoms with E-state index in [4.69, 9.17) is 0 Å². The molecule has 6 heteroatoms. The van der Waals surface area contributed by atoms with E-state index >= 15 is 0 Å². The summed E-state index contributed by atoms with van der Waals surface area (Å²) in [7, 11) is -1.66. The molecule has 0 rings (SSSR count). The summed E-state index contributed by atoms with van der Waals surface area (Å²) in [5, 5.41) is 3.28. The molecule has 0 aliphatic rings. The molecule has 0 aliphatic carbocycles. The maximum Gasteiger partial charge on any atom is 0.281 e. The molecule has 0 saturated carbocycles. The average Bonchev–Trinajstić information content (AvgIpc) is 2.23. The Morgan fingerprint density at radius 1 is 1.17 bits per heavy atom. The van der Waals surface area contributed by atoms with E-state index in [0.29, 0.717) is 19.1 Å². The van der Waals surface area contributed by atoms with Gasteiger partial charge in [-0.05, 0) is 26.8 Å². The molecule has 0 aliphatic heterocycles. The number of rotatable bonds is 9. The van der Waals surface area contributed by atoms with Crippen LogP contribution in [0.5, 0.6) is 0 Å². The highest BCUT2D eigenvalue weighted by Gasteiger charge is 2.27. The molecule has 0 aromatic heterocycles. The summed E-state index contributed by atoms with van der Waals surface area (Å²) in [6, 6.07) is 0.436. The van der Waals surface area contributed by atoms with E-state index in [2.05, 4.69) is 19.2 Å². The van der Waals surface area contributed by atoms with E-state index in [1.165, 1.54) is 8.61 Å². The first-order valence-electron chi connectivity index (χ1n) is 6.70. The van der Waals surface area contributed by atoms with Crippen LogP contribution in [-0.2, 0) is 10.2 Å². The van der Waals surface area contributed by atoms with Gasteiger partial charge in [0.15, 0.2) is 0 Å². The summed E-state index contributed by atoms with van der Waals surface area (Å²) in [5.41, 5.74) is 0. The summed E-state index contributed by atoms with van der Waals surface area (Å²) < 4.78 is 27.5. The zero-order valence-corrected chi connectivity index (χ0v) is 13.4. The molecular formula is C12H29N3O2S. The van der Waals surface area contributed by atoms with Crippen molar-refractivity contribution in [2.24, 2.45) is 0 Å². The van der Waals surface area contributed by atoms with E-state index in [1.807, 2.05) is 20.8 Å². The molecule has 0 atom stereocenters. The number of nitrogens with one attached hydrogen (secondary N) is 1. The van der Waals surface area contributed by atoms with Gasteiger partial charge in [0, 0.05) is 32.2 Å². The topological polar surface area (TPSA) is 52.7 Å². The minimum atomic E-state index is -3.31. The summed E-state index contributed by atoms with van der Waals surface area (Å²) in [6.45, 7) is 11.7. The van der Waals surface area contributed by atoms with Crippen LogP contribution in [0.2, 0.25) is 0 Å². The van der Waals surface area contributed by atoms with Gasteiger partial charge >= 0.3 is 0 Å². The fourth-order valence-corrected chi connectivity index (χ4v) is 3.36. The first-order valence-corrected chi connectivity index (χ1v) is 8.09. The Morgan fingerprint density at radius 3 is 2.11 bits per heavy atom. The second-order valence-corrected chi connectivity index (χ2v) is 7.08. The average molecular weight is 279 g/mol. The van der Waals surface area contributed by atoms with E-state index in [1.54, 1.807) is 7.05 Å². The Hall–Kier alpha value is -0.170. The molecular weight excluding hydrogens is 250 g/mol. The highest BCUT2D eigenvalue weighted by molar-refractivity contribution is 7.86. The molecule has 0 bridgehead atoms. The van der Waals surface area contributed by atoms with Gasteiger partial charge in [0.2, 0.25) is 0 Å². The molecule has 1 N–H and O–H groups in total. The van der Waals surface area contributed by atoms with Gasteiger partial charge < -0.3 is 5.32 Å². The van der Waals surface area contributed by atoms with Crippen molar-refractivity contribution < 1.29 is 8.42 Å². The second-order valence-electron chi connectivity index (χ2n) is 5.09. The van der Waals surface area contributed by atoms with Crippen LogP contribution in [0.1, 0.15) is 41.0 Å². The normalized spacial score (nSPS) is 13.2. The van der Waals surface area contributed by atoms with Crippen LogP contribution in [0.25, 0.3) is 0 Å². The Bertz CT molecular complexity index is 315. The lowest BCUT2D eigenvalue weighted by molar-refractivity contribution is 0.326. The molecule has 0 aromatic rings. The second kappa shape index (κ2) is 8.09. The van der Waals surface area contributed by atoms with E-state index in [0.717, 1.165) is 13.0 Å². The molecule has 0 aromatic carbocycles. The van der Waals surface area contributed by atoms with Crippen molar-refractivity contribution in [2.45, 2.75) is 53.1 Å². The van der Waals surface area contributed by atoms with Crippen LogP contribution in [0.15, 0.2) is 0 Å². The van der Waals surface area contributed by atoms with E-state index in [9.17, 15) is 8.42 Å². The van der Waals surface area contributed by atoms with Gasteiger partial charge in [-0.25, -0.2) is 0 Å². The Kier molecular flexibility index (Phi) is 8.02. The monoisotopic (exact) mass is 279 g/mol. The van der Waals surface area contributed by atoms with Crippen LogP contribution < -0.4 is 5.32 Å². The van der Waals surface area contributed by atoms with Crippen molar-refractivity contribution in [3.63, 3.8) is 0 Å². The van der Waals surface area contributed by atoms with Gasteiger partial charge in [0.25, 0.3) is 10.2 Å². The zero-order valence-electron chi connectivity index (χ0n) is 12.6. The van der Waals surface area contributed by atoms with Crippen molar-refractivity contribution in [3.8, 4) is 0 Å². The minimum absolute atomic E-state index is 0.00348. The summed E-state index contributed by atoms with van der Waals surface area (Å²) in [4.78, 5) is 0. The van der Waals surface area contributed by atoms with Crippen LogP contribution in [0.4, 0.5) is 0 Å². The molecule has 0 unspecified atom stereocenters. The lowest BCUT2D eigenvalue weighted by Crippen LogP contribution is -2.45. The predicted octanol–water partition coefficient (Wildman–Crippen LogP) is 1.28. The van der Waals surface area contributed by atoms with Gasteiger partial charge in [-0.2, -0.15) is 17.0 Å². The predicted molar refractivity (Wildman–Crippen MR) is 76.8 cm³/mol. The van der Waals surface area contributed by atoms with Gasteiger partial charge in [-0.3, -0.25) is 0 Å². The number of nitrogens with zero attached hydrogens (tertiary/aromatic N) is 2. The lowest BCUT2D eigenvalue weighted by atomic mass is 10.3. The van der Waals surface area contributed by atoms with Crippen molar-refractivity contribution in [3.05, 3.63) is 0 Å². The third-order valence-corrected chi connectivity index (χ3v) is 5.02. The van der Waals surface area contributed by atoms with Gasteiger partial charge in [-0.15, -0.1) is 0 Å². The Morgan fingerprint density at radius 2 is 1.72 bits per heavy atom. The van der Waals surface area contributed by atoms with Gasteiger partial charge in [0.1, 0.15) is 0 Å². The summed E-state index contributed by atoms with van der Waals surface area (Å²) >= 11 is 0. The Balaban J connectivity index is 4.34. The van der Waals surface area contributed by atoms with Crippen molar-refractivity contribution in [1.29, 1.82) is 0 Å². The third-order valence-electron chi connectivity index (χ3n) is 2.78. The largest absolute Gasteiger partial charge is 0.314 e. The van der Waals surface area contributed by atoms with Crippen LogP contribution in [-0.4, -0.2) is 55.8 Å². The molecule has 0 spiro atoms. The molecule has 0 saturated heterocycles. The summed E-state index contributed by atoms with van der Waals surface area (Å²) in [5.74, 6) is 0. The van der Waals surface area contributed by atoms with Crippen LogP contribution in [0.3, 0.4) is 0 Å². The molecule has 0 heterocycles. The van der Waals surface area contributed by atoms with Gasteiger partial charge in [0.05, 0.1) is 0 Å². The molecule has 110 valence electrons. The first-order chi connectivity index (χ1) is 8.23. The minimum Gasteiger partial charge on any atom is -0.314 e. The molecule has 0 radical (unpaired) electrons. The highest BCUT2D eigenvalue weighted by Crippen LogP contribution is 2.10.